The van der Waals surface area contributed by atoms with E-state index in [2.05, 4.69) is 6.58 Å². The van der Waals surface area contributed by atoms with Crippen molar-refractivity contribution >= 4 is 6.16 Å². The monoisotopic (exact) mass is 180 g/mol. The first-order valence-corrected chi connectivity index (χ1v) is 3.80. The molecule has 1 fully saturated rings. The first-order chi connectivity index (χ1) is 6.27. The molecule has 0 radical (unpaired) electrons. The van der Waals surface area contributed by atoms with Crippen LogP contribution in [0.15, 0.2) is 35.5 Å². The largest absolute Gasteiger partial charge is 0.509 e. The first kappa shape index (κ1) is 7.91. The third-order valence-corrected chi connectivity index (χ3v) is 1.94. The normalized spacial score (nSPS) is 26.6. The first-order valence-electron chi connectivity index (χ1n) is 3.80. The van der Waals surface area contributed by atoms with Crippen molar-refractivity contribution in [1.29, 1.82) is 0 Å². The Balaban J connectivity index is 2.37. The molecular weight excluding hydrogens is 172 g/mol. The highest BCUT2D eigenvalue weighted by Crippen LogP contribution is 2.32. The molecule has 0 aliphatic carbocycles. The standard InChI is InChI=1S/C9H8O4/c1-2-9(6-12-8(10)13-9)7-4-3-5-11-7/h2-5H,1,6H2/t9-/m0/s1. The quantitative estimate of drug-likeness (QED) is 0.514. The Hall–Kier alpha value is -1.71. The SMILES string of the molecule is C=C[C@@]1(c2ccco2)COC(=O)O1. The van der Waals surface area contributed by atoms with Crippen LogP contribution in [0.3, 0.4) is 0 Å². The zero-order chi connectivity index (χ0) is 9.31. The molecule has 1 atom stereocenters. The summed E-state index contributed by atoms with van der Waals surface area (Å²) in [6.07, 6.45) is 2.31. The molecule has 1 aliphatic rings. The third kappa shape index (κ3) is 1.11. The molecule has 1 aliphatic heterocycles. The van der Waals surface area contributed by atoms with E-state index in [1.165, 1.54) is 12.3 Å². The van der Waals surface area contributed by atoms with Crippen LogP contribution in [0.5, 0.6) is 0 Å². The van der Waals surface area contributed by atoms with Crippen LogP contribution in [0.1, 0.15) is 5.76 Å². The second kappa shape index (κ2) is 2.65. The molecule has 0 spiro atoms. The van der Waals surface area contributed by atoms with Gasteiger partial charge in [0, 0.05) is 0 Å². The number of carbonyl (C=O) groups is 1. The van der Waals surface area contributed by atoms with Gasteiger partial charge in [-0.1, -0.05) is 6.58 Å². The smallest absolute Gasteiger partial charge is 0.465 e. The Bertz CT molecular complexity index is 327. The van der Waals surface area contributed by atoms with Gasteiger partial charge in [-0.3, -0.25) is 0 Å². The average molecular weight is 180 g/mol. The van der Waals surface area contributed by atoms with E-state index >= 15 is 0 Å². The highest BCUT2D eigenvalue weighted by atomic mass is 16.8. The van der Waals surface area contributed by atoms with Crippen molar-refractivity contribution in [3.8, 4) is 0 Å². The van der Waals surface area contributed by atoms with E-state index in [0.29, 0.717) is 5.76 Å². The Morgan fingerprint density at radius 2 is 2.46 bits per heavy atom. The van der Waals surface area contributed by atoms with Gasteiger partial charge in [0.1, 0.15) is 6.61 Å². The third-order valence-electron chi connectivity index (χ3n) is 1.94. The summed E-state index contributed by atoms with van der Waals surface area (Å²) in [5.41, 5.74) is -0.944. The van der Waals surface area contributed by atoms with Gasteiger partial charge in [0.05, 0.1) is 6.26 Å². The number of furan rings is 1. The van der Waals surface area contributed by atoms with Gasteiger partial charge in [0.25, 0.3) is 0 Å². The van der Waals surface area contributed by atoms with Crippen molar-refractivity contribution in [2.75, 3.05) is 6.61 Å². The molecule has 1 aromatic rings. The fourth-order valence-electron chi connectivity index (χ4n) is 1.22. The number of carbonyl (C=O) groups excluding carboxylic acids is 1. The van der Waals surface area contributed by atoms with E-state index in [4.69, 9.17) is 13.9 Å². The molecule has 0 saturated carbocycles. The topological polar surface area (TPSA) is 48.7 Å². The summed E-state index contributed by atoms with van der Waals surface area (Å²) in [6, 6.07) is 3.43. The molecule has 2 rings (SSSR count). The summed E-state index contributed by atoms with van der Waals surface area (Å²) in [5, 5.41) is 0. The predicted molar refractivity (Wildman–Crippen MR) is 43.0 cm³/mol. The molecule has 0 unspecified atom stereocenters. The second-order valence-electron chi connectivity index (χ2n) is 2.71. The lowest BCUT2D eigenvalue weighted by molar-refractivity contribution is 0.0741. The van der Waals surface area contributed by atoms with E-state index < -0.39 is 11.8 Å². The van der Waals surface area contributed by atoms with Crippen LogP contribution >= 0.6 is 0 Å². The van der Waals surface area contributed by atoms with Gasteiger partial charge >= 0.3 is 6.16 Å². The van der Waals surface area contributed by atoms with Crippen molar-refractivity contribution < 1.29 is 18.7 Å². The van der Waals surface area contributed by atoms with Crippen LogP contribution in [0, 0.1) is 0 Å². The van der Waals surface area contributed by atoms with Gasteiger partial charge in [0.15, 0.2) is 5.76 Å². The van der Waals surface area contributed by atoms with Crippen LogP contribution in [0.4, 0.5) is 4.79 Å². The maximum atomic E-state index is 10.8. The second-order valence-corrected chi connectivity index (χ2v) is 2.71. The van der Waals surface area contributed by atoms with Crippen LogP contribution in [-0.2, 0) is 15.1 Å². The van der Waals surface area contributed by atoms with Gasteiger partial charge < -0.3 is 13.9 Å². The maximum Gasteiger partial charge on any atom is 0.509 e. The van der Waals surface area contributed by atoms with Gasteiger partial charge in [0.2, 0.25) is 5.60 Å². The molecule has 1 aromatic heterocycles. The van der Waals surface area contributed by atoms with E-state index in [-0.39, 0.29) is 6.61 Å². The number of ether oxygens (including phenoxy) is 2. The highest BCUT2D eigenvalue weighted by molar-refractivity contribution is 5.63. The molecule has 4 heteroatoms. The van der Waals surface area contributed by atoms with Gasteiger partial charge in [-0.15, -0.1) is 0 Å². The van der Waals surface area contributed by atoms with Gasteiger partial charge in [-0.2, -0.15) is 0 Å². The highest BCUT2D eigenvalue weighted by Gasteiger charge is 2.43. The molecule has 0 aromatic carbocycles. The molecule has 2 heterocycles. The summed E-state index contributed by atoms with van der Waals surface area (Å²) in [4.78, 5) is 10.8. The van der Waals surface area contributed by atoms with Crippen LogP contribution in [-0.4, -0.2) is 12.8 Å². The van der Waals surface area contributed by atoms with Crippen molar-refractivity contribution in [1.82, 2.24) is 0 Å². The Morgan fingerprint density at radius 1 is 1.62 bits per heavy atom. The molecule has 13 heavy (non-hydrogen) atoms. The summed E-state index contributed by atoms with van der Waals surface area (Å²) in [5.74, 6) is 0.522. The van der Waals surface area contributed by atoms with Crippen LogP contribution in [0.25, 0.3) is 0 Å². The summed E-state index contributed by atoms with van der Waals surface area (Å²) in [7, 11) is 0. The van der Waals surface area contributed by atoms with Crippen LogP contribution in [0.2, 0.25) is 0 Å². The zero-order valence-corrected chi connectivity index (χ0v) is 6.86. The van der Waals surface area contributed by atoms with E-state index in [9.17, 15) is 4.79 Å². The lowest BCUT2D eigenvalue weighted by Crippen LogP contribution is -2.24. The zero-order valence-electron chi connectivity index (χ0n) is 6.86. The van der Waals surface area contributed by atoms with Crippen molar-refractivity contribution in [3.63, 3.8) is 0 Å². The summed E-state index contributed by atoms with van der Waals surface area (Å²) in [6.45, 7) is 3.70. The lowest BCUT2D eigenvalue weighted by Gasteiger charge is -2.16. The van der Waals surface area contributed by atoms with Crippen LogP contribution < -0.4 is 0 Å². The van der Waals surface area contributed by atoms with E-state index in [0.717, 1.165) is 0 Å². The van der Waals surface area contributed by atoms with Gasteiger partial charge in [-0.25, -0.2) is 4.79 Å². The molecule has 0 N–H and O–H groups in total. The minimum absolute atomic E-state index is 0.114. The molecule has 4 nitrogen and oxygen atoms in total. The van der Waals surface area contributed by atoms with E-state index in [1.54, 1.807) is 12.1 Å². The molecule has 1 saturated heterocycles. The molecule has 0 bridgehead atoms. The predicted octanol–water partition coefficient (Wildman–Crippen LogP) is 1.83. The Kier molecular flexibility index (Phi) is 1.62. The van der Waals surface area contributed by atoms with Crippen molar-refractivity contribution in [3.05, 3.63) is 36.8 Å². The summed E-state index contributed by atoms with van der Waals surface area (Å²) < 4.78 is 14.8. The minimum Gasteiger partial charge on any atom is -0.465 e. The minimum atomic E-state index is -0.944. The molecular formula is C9H8O4. The number of hydrogen-bond donors (Lipinski definition) is 0. The van der Waals surface area contributed by atoms with E-state index in [1.807, 2.05) is 0 Å². The lowest BCUT2D eigenvalue weighted by atomic mass is 10.0. The fraction of sp³-hybridized carbons (Fsp3) is 0.222. The van der Waals surface area contributed by atoms with Crippen molar-refractivity contribution in [2.24, 2.45) is 0 Å². The van der Waals surface area contributed by atoms with Gasteiger partial charge in [-0.05, 0) is 18.2 Å². The fourth-order valence-corrected chi connectivity index (χ4v) is 1.22. The number of cyclic esters (lactones) is 2. The Labute approximate surface area is 74.7 Å². The average Bonchev–Trinajstić information content (AvgIpc) is 2.73. The Morgan fingerprint density at radius 3 is 2.92 bits per heavy atom. The number of hydrogen-bond acceptors (Lipinski definition) is 4. The maximum absolute atomic E-state index is 10.8. The van der Waals surface area contributed by atoms with Crippen molar-refractivity contribution in [2.45, 2.75) is 5.60 Å². The molecule has 0 amide bonds. The number of rotatable bonds is 2. The summed E-state index contributed by atoms with van der Waals surface area (Å²) >= 11 is 0. The molecule has 68 valence electrons.